The van der Waals surface area contributed by atoms with E-state index >= 15 is 0 Å². The SMILES string of the molecule is C/C(=N\NC(=O)CC(C)(C)S)c1ccc(OCCCC(=O)ON2C(=O)CCC2=O)cc1O. The van der Waals surface area contributed by atoms with Gasteiger partial charge in [0.05, 0.1) is 18.7 Å². The van der Waals surface area contributed by atoms with Gasteiger partial charge in [-0.2, -0.15) is 17.7 Å². The zero-order valence-corrected chi connectivity index (χ0v) is 19.1. The van der Waals surface area contributed by atoms with Crippen LogP contribution in [-0.2, 0) is 24.0 Å². The second kappa shape index (κ2) is 11.0. The molecule has 1 heterocycles. The molecule has 1 aliphatic heterocycles. The zero-order chi connectivity index (χ0) is 23.9. The van der Waals surface area contributed by atoms with Crippen molar-refractivity contribution in [3.63, 3.8) is 0 Å². The van der Waals surface area contributed by atoms with Crippen molar-refractivity contribution in [1.82, 2.24) is 10.5 Å². The van der Waals surface area contributed by atoms with Gasteiger partial charge in [-0.15, -0.1) is 5.06 Å². The van der Waals surface area contributed by atoms with Gasteiger partial charge in [-0.05, 0) is 25.5 Å². The number of carbonyl (C=O) groups excluding carboxylic acids is 4. The van der Waals surface area contributed by atoms with Crippen molar-refractivity contribution in [1.29, 1.82) is 0 Å². The lowest BCUT2D eigenvalue weighted by Crippen LogP contribution is -2.32. The van der Waals surface area contributed by atoms with Crippen molar-refractivity contribution >= 4 is 42.0 Å². The van der Waals surface area contributed by atoms with Crippen LogP contribution in [0.2, 0.25) is 0 Å². The van der Waals surface area contributed by atoms with Crippen LogP contribution < -0.4 is 10.2 Å². The fourth-order valence-electron chi connectivity index (χ4n) is 2.76. The van der Waals surface area contributed by atoms with Crippen LogP contribution in [0.25, 0.3) is 0 Å². The quantitative estimate of drug-likeness (QED) is 0.158. The molecule has 1 aliphatic rings. The molecule has 0 aliphatic carbocycles. The predicted molar refractivity (Wildman–Crippen MR) is 118 cm³/mol. The number of phenols is 1. The first-order chi connectivity index (χ1) is 15.0. The summed E-state index contributed by atoms with van der Waals surface area (Å²) in [5, 5.41) is 14.7. The highest BCUT2D eigenvalue weighted by atomic mass is 32.1. The standard InChI is InChI=1S/C21H27N3O7S/c1-13(22-23-17(26)12-21(2,3)32)15-7-6-14(11-16(15)25)30-10-4-5-20(29)31-24-18(27)8-9-19(24)28/h6-7,11,25,32H,4-5,8-10,12H2,1-3H3,(H,23,26)/b22-13+. The smallest absolute Gasteiger partial charge is 0.333 e. The molecule has 10 nitrogen and oxygen atoms in total. The monoisotopic (exact) mass is 465 g/mol. The minimum absolute atomic E-state index is 0.0408. The Kier molecular flexibility index (Phi) is 8.64. The Balaban J connectivity index is 1.79. The summed E-state index contributed by atoms with van der Waals surface area (Å²) in [6, 6.07) is 4.61. The first-order valence-electron chi connectivity index (χ1n) is 10.0. The van der Waals surface area contributed by atoms with Crippen molar-refractivity contribution < 1.29 is 33.9 Å². The van der Waals surface area contributed by atoms with Gasteiger partial charge in [0.15, 0.2) is 0 Å². The molecule has 1 aromatic rings. The molecule has 0 unspecified atom stereocenters. The third kappa shape index (κ3) is 7.88. The van der Waals surface area contributed by atoms with Crippen LogP contribution in [0, 0.1) is 0 Å². The van der Waals surface area contributed by atoms with E-state index in [-0.39, 0.29) is 50.4 Å². The fourth-order valence-corrected chi connectivity index (χ4v) is 2.90. The van der Waals surface area contributed by atoms with E-state index in [9.17, 15) is 24.3 Å². The van der Waals surface area contributed by atoms with Crippen LogP contribution in [-0.4, -0.2) is 50.9 Å². The van der Waals surface area contributed by atoms with Crippen LogP contribution in [0.15, 0.2) is 23.3 Å². The van der Waals surface area contributed by atoms with Gasteiger partial charge in [0, 0.05) is 35.6 Å². The maximum atomic E-state index is 11.8. The molecule has 32 heavy (non-hydrogen) atoms. The number of imide groups is 1. The maximum Gasteiger partial charge on any atom is 0.333 e. The van der Waals surface area contributed by atoms with Gasteiger partial charge in [-0.1, -0.05) is 13.8 Å². The number of aromatic hydroxyl groups is 1. The Morgan fingerprint density at radius 1 is 1.25 bits per heavy atom. The molecule has 11 heteroatoms. The number of rotatable bonds is 10. The first kappa shape index (κ1) is 25.2. The second-order valence-electron chi connectivity index (χ2n) is 7.90. The molecule has 1 fully saturated rings. The van der Waals surface area contributed by atoms with E-state index in [0.717, 1.165) is 0 Å². The molecule has 0 bridgehead atoms. The minimum atomic E-state index is -0.703. The van der Waals surface area contributed by atoms with E-state index in [0.29, 0.717) is 22.1 Å². The normalized spacial score (nSPS) is 14.5. The van der Waals surface area contributed by atoms with Crippen molar-refractivity contribution in [3.05, 3.63) is 23.8 Å². The Morgan fingerprint density at radius 2 is 1.91 bits per heavy atom. The molecule has 174 valence electrons. The van der Waals surface area contributed by atoms with E-state index in [2.05, 4.69) is 23.2 Å². The highest BCUT2D eigenvalue weighted by Crippen LogP contribution is 2.24. The van der Waals surface area contributed by atoms with E-state index < -0.39 is 22.5 Å². The Bertz CT molecular complexity index is 908. The second-order valence-corrected chi connectivity index (χ2v) is 9.11. The molecule has 1 saturated heterocycles. The molecule has 1 aromatic carbocycles. The van der Waals surface area contributed by atoms with Gasteiger partial charge in [-0.3, -0.25) is 14.4 Å². The number of ether oxygens (including phenoxy) is 1. The molecular weight excluding hydrogens is 438 g/mol. The lowest BCUT2D eigenvalue weighted by atomic mass is 10.1. The highest BCUT2D eigenvalue weighted by Gasteiger charge is 2.32. The van der Waals surface area contributed by atoms with Crippen LogP contribution in [0.5, 0.6) is 11.5 Å². The zero-order valence-electron chi connectivity index (χ0n) is 18.2. The summed E-state index contributed by atoms with van der Waals surface area (Å²) in [5.74, 6) is -1.76. The molecule has 3 amide bonds. The summed E-state index contributed by atoms with van der Waals surface area (Å²) in [4.78, 5) is 51.2. The van der Waals surface area contributed by atoms with Crippen molar-refractivity contribution in [2.75, 3.05) is 6.61 Å². The number of hydrogen-bond donors (Lipinski definition) is 3. The van der Waals surface area contributed by atoms with E-state index in [1.165, 1.54) is 6.07 Å². The van der Waals surface area contributed by atoms with Crippen LogP contribution in [0.3, 0.4) is 0 Å². The van der Waals surface area contributed by atoms with Crippen molar-refractivity contribution in [3.8, 4) is 11.5 Å². The summed E-state index contributed by atoms with van der Waals surface area (Å²) < 4.78 is 5.04. The lowest BCUT2D eigenvalue weighted by Gasteiger charge is -2.15. The average Bonchev–Trinajstić information content (AvgIpc) is 3.00. The number of nitrogens with one attached hydrogen (secondary N) is 1. The third-order valence-electron chi connectivity index (χ3n) is 4.29. The fraction of sp³-hybridized carbons (Fsp3) is 0.476. The summed E-state index contributed by atoms with van der Waals surface area (Å²) in [5.41, 5.74) is 3.26. The van der Waals surface area contributed by atoms with Crippen LogP contribution >= 0.6 is 12.6 Å². The van der Waals surface area contributed by atoms with E-state index in [1.54, 1.807) is 19.1 Å². The Labute approximate surface area is 191 Å². The maximum absolute atomic E-state index is 11.8. The third-order valence-corrected chi connectivity index (χ3v) is 4.45. The Morgan fingerprint density at radius 3 is 2.50 bits per heavy atom. The molecule has 2 rings (SSSR count). The number of nitrogens with zero attached hydrogens (tertiary/aromatic N) is 2. The van der Waals surface area contributed by atoms with Gasteiger partial charge < -0.3 is 14.7 Å². The predicted octanol–water partition coefficient (Wildman–Crippen LogP) is 2.10. The molecule has 0 saturated carbocycles. The largest absolute Gasteiger partial charge is 0.507 e. The number of carbonyl (C=O) groups is 4. The number of amides is 3. The summed E-state index contributed by atoms with van der Waals surface area (Å²) in [6.07, 6.45) is 0.503. The number of hydroxylamine groups is 2. The topological polar surface area (TPSA) is 135 Å². The van der Waals surface area contributed by atoms with Crippen molar-refractivity contribution in [2.24, 2.45) is 5.10 Å². The average molecular weight is 466 g/mol. The minimum Gasteiger partial charge on any atom is -0.507 e. The number of benzene rings is 1. The number of hydrazone groups is 1. The Hall–Kier alpha value is -3.08. The van der Waals surface area contributed by atoms with E-state index in [1.807, 2.05) is 13.8 Å². The number of thiol groups is 1. The van der Waals surface area contributed by atoms with Gasteiger partial charge in [0.25, 0.3) is 11.8 Å². The van der Waals surface area contributed by atoms with Gasteiger partial charge in [0.1, 0.15) is 11.5 Å². The van der Waals surface area contributed by atoms with Gasteiger partial charge in [0.2, 0.25) is 5.91 Å². The first-order valence-corrected chi connectivity index (χ1v) is 10.5. The number of hydrogen-bond acceptors (Lipinski definition) is 9. The van der Waals surface area contributed by atoms with Crippen molar-refractivity contribution in [2.45, 2.75) is 57.6 Å². The molecule has 0 radical (unpaired) electrons. The summed E-state index contributed by atoms with van der Waals surface area (Å²) in [6.45, 7) is 5.42. The van der Waals surface area contributed by atoms with E-state index in [4.69, 9.17) is 9.57 Å². The molecule has 0 atom stereocenters. The molecule has 0 spiro atoms. The highest BCUT2D eigenvalue weighted by molar-refractivity contribution is 7.81. The lowest BCUT2D eigenvalue weighted by molar-refractivity contribution is -0.197. The van der Waals surface area contributed by atoms with Gasteiger partial charge in [-0.25, -0.2) is 10.2 Å². The molecular formula is C21H27N3O7S. The van der Waals surface area contributed by atoms with Crippen LogP contribution in [0.1, 0.15) is 58.4 Å². The molecule has 2 N–H and O–H groups in total. The number of phenolic OH excluding ortho intramolecular Hbond substituents is 1. The van der Waals surface area contributed by atoms with Gasteiger partial charge >= 0.3 is 5.97 Å². The molecule has 0 aromatic heterocycles. The van der Waals surface area contributed by atoms with Crippen LogP contribution in [0.4, 0.5) is 0 Å². The summed E-state index contributed by atoms with van der Waals surface area (Å²) >= 11 is 4.30. The summed E-state index contributed by atoms with van der Waals surface area (Å²) in [7, 11) is 0.